The molecule has 1 heterocycles. The van der Waals surface area contributed by atoms with E-state index in [1.54, 1.807) is 6.33 Å². The summed E-state index contributed by atoms with van der Waals surface area (Å²) < 4.78 is 2.06. The SMILES string of the molecule is O=C(NCc1cccc(Cn2cnc3ccccc32)c1)c1cc(Cl)ccc1[N+](=O)[O-]. The molecule has 0 saturated heterocycles. The number of carbonyl (C=O) groups is 1. The molecule has 1 aromatic heterocycles. The number of nitrogens with zero attached hydrogens (tertiary/aromatic N) is 3. The summed E-state index contributed by atoms with van der Waals surface area (Å²) in [5, 5.41) is 14.2. The normalized spacial score (nSPS) is 10.8. The topological polar surface area (TPSA) is 90.1 Å². The standard InChI is InChI=1S/C22H17ClN4O3/c23-17-8-9-20(27(29)30)18(11-17)22(28)24-12-15-4-3-5-16(10-15)13-26-14-25-19-6-1-2-7-21(19)26/h1-11,14H,12-13H2,(H,24,28). The molecule has 0 aliphatic heterocycles. The van der Waals surface area contributed by atoms with Crippen molar-refractivity contribution in [3.8, 4) is 0 Å². The molecule has 0 aliphatic carbocycles. The van der Waals surface area contributed by atoms with Gasteiger partial charge in [-0.15, -0.1) is 0 Å². The fraction of sp³-hybridized carbons (Fsp3) is 0.0909. The van der Waals surface area contributed by atoms with E-state index in [9.17, 15) is 14.9 Å². The van der Waals surface area contributed by atoms with Crippen molar-refractivity contribution in [1.29, 1.82) is 0 Å². The van der Waals surface area contributed by atoms with Gasteiger partial charge in [-0.05, 0) is 35.4 Å². The van der Waals surface area contributed by atoms with Gasteiger partial charge in [0.2, 0.25) is 0 Å². The Hall–Kier alpha value is -3.71. The number of hydrogen-bond donors (Lipinski definition) is 1. The number of imidazole rings is 1. The second kappa shape index (κ2) is 8.34. The van der Waals surface area contributed by atoms with E-state index >= 15 is 0 Å². The average molecular weight is 421 g/mol. The Morgan fingerprint density at radius 1 is 1.07 bits per heavy atom. The van der Waals surface area contributed by atoms with E-state index < -0.39 is 10.8 Å². The third-order valence-corrected chi connectivity index (χ3v) is 4.96. The number of rotatable bonds is 6. The van der Waals surface area contributed by atoms with Gasteiger partial charge < -0.3 is 9.88 Å². The first-order chi connectivity index (χ1) is 14.5. The van der Waals surface area contributed by atoms with Crippen molar-refractivity contribution in [3.05, 3.63) is 105 Å². The van der Waals surface area contributed by atoms with Crippen LogP contribution in [0, 0.1) is 10.1 Å². The summed E-state index contributed by atoms with van der Waals surface area (Å²) >= 11 is 5.90. The van der Waals surface area contributed by atoms with E-state index in [2.05, 4.69) is 14.9 Å². The number of halogens is 1. The maximum absolute atomic E-state index is 12.5. The Morgan fingerprint density at radius 2 is 1.87 bits per heavy atom. The Morgan fingerprint density at radius 3 is 2.70 bits per heavy atom. The molecule has 0 bridgehead atoms. The predicted molar refractivity (Wildman–Crippen MR) is 115 cm³/mol. The number of benzene rings is 3. The number of hydrogen-bond acceptors (Lipinski definition) is 4. The highest BCUT2D eigenvalue weighted by atomic mass is 35.5. The van der Waals surface area contributed by atoms with Gasteiger partial charge in [0, 0.05) is 24.2 Å². The molecular formula is C22H17ClN4O3. The highest BCUT2D eigenvalue weighted by Gasteiger charge is 2.20. The van der Waals surface area contributed by atoms with Crippen LogP contribution in [-0.2, 0) is 13.1 Å². The fourth-order valence-corrected chi connectivity index (χ4v) is 3.47. The Bertz CT molecular complexity index is 1250. The van der Waals surface area contributed by atoms with Crippen LogP contribution in [0.5, 0.6) is 0 Å². The monoisotopic (exact) mass is 420 g/mol. The van der Waals surface area contributed by atoms with Crippen LogP contribution in [-0.4, -0.2) is 20.4 Å². The van der Waals surface area contributed by atoms with Crippen LogP contribution in [0.15, 0.2) is 73.1 Å². The average Bonchev–Trinajstić information content (AvgIpc) is 3.15. The molecule has 4 aromatic rings. The van der Waals surface area contributed by atoms with Crippen LogP contribution in [0.3, 0.4) is 0 Å². The second-order valence-corrected chi connectivity index (χ2v) is 7.22. The van der Waals surface area contributed by atoms with Crippen LogP contribution in [0.1, 0.15) is 21.5 Å². The third kappa shape index (κ3) is 4.16. The minimum Gasteiger partial charge on any atom is -0.348 e. The van der Waals surface area contributed by atoms with Crippen LogP contribution in [0.4, 0.5) is 5.69 Å². The molecule has 0 radical (unpaired) electrons. The molecule has 0 fully saturated rings. The zero-order valence-electron chi connectivity index (χ0n) is 15.8. The molecule has 0 atom stereocenters. The summed E-state index contributed by atoms with van der Waals surface area (Å²) in [6.07, 6.45) is 1.80. The van der Waals surface area contributed by atoms with Gasteiger partial charge >= 0.3 is 0 Å². The molecule has 1 N–H and O–H groups in total. The number of nitrogens with one attached hydrogen (secondary N) is 1. The van der Waals surface area contributed by atoms with Crippen LogP contribution in [0.25, 0.3) is 11.0 Å². The van der Waals surface area contributed by atoms with E-state index in [0.717, 1.165) is 22.2 Å². The van der Waals surface area contributed by atoms with Crippen molar-refractivity contribution in [2.45, 2.75) is 13.1 Å². The maximum Gasteiger partial charge on any atom is 0.282 e. The van der Waals surface area contributed by atoms with E-state index in [0.29, 0.717) is 6.54 Å². The lowest BCUT2D eigenvalue weighted by molar-refractivity contribution is -0.385. The molecule has 0 saturated carbocycles. The van der Waals surface area contributed by atoms with Gasteiger partial charge in [0.15, 0.2) is 0 Å². The van der Waals surface area contributed by atoms with Gasteiger partial charge in [-0.1, -0.05) is 48.0 Å². The molecule has 150 valence electrons. The molecule has 7 nitrogen and oxygen atoms in total. The van der Waals surface area contributed by atoms with Gasteiger partial charge in [0.1, 0.15) is 5.56 Å². The van der Waals surface area contributed by atoms with E-state index in [-0.39, 0.29) is 22.8 Å². The number of nitro groups is 1. The van der Waals surface area contributed by atoms with Crippen molar-refractivity contribution < 1.29 is 9.72 Å². The smallest absolute Gasteiger partial charge is 0.282 e. The van der Waals surface area contributed by atoms with Crippen LogP contribution in [0.2, 0.25) is 5.02 Å². The molecule has 30 heavy (non-hydrogen) atoms. The number of fused-ring (bicyclic) bond motifs is 1. The van der Waals surface area contributed by atoms with Crippen molar-refractivity contribution in [3.63, 3.8) is 0 Å². The van der Waals surface area contributed by atoms with Crippen molar-refractivity contribution in [1.82, 2.24) is 14.9 Å². The number of para-hydroxylation sites is 2. The summed E-state index contributed by atoms with van der Waals surface area (Å²) in [5.74, 6) is -0.546. The van der Waals surface area contributed by atoms with Gasteiger partial charge in [-0.2, -0.15) is 0 Å². The molecular weight excluding hydrogens is 404 g/mol. The van der Waals surface area contributed by atoms with Crippen molar-refractivity contribution in [2.75, 3.05) is 0 Å². The predicted octanol–water partition coefficient (Wildman–Crippen LogP) is 4.58. The maximum atomic E-state index is 12.5. The highest BCUT2D eigenvalue weighted by Crippen LogP contribution is 2.23. The summed E-state index contributed by atoms with van der Waals surface area (Å²) in [4.78, 5) is 27.5. The summed E-state index contributed by atoms with van der Waals surface area (Å²) in [7, 11) is 0. The summed E-state index contributed by atoms with van der Waals surface area (Å²) in [6, 6.07) is 19.6. The highest BCUT2D eigenvalue weighted by molar-refractivity contribution is 6.31. The van der Waals surface area contributed by atoms with Crippen molar-refractivity contribution in [2.24, 2.45) is 0 Å². The molecule has 3 aromatic carbocycles. The van der Waals surface area contributed by atoms with Gasteiger partial charge in [0.25, 0.3) is 11.6 Å². The summed E-state index contributed by atoms with van der Waals surface area (Å²) in [5.41, 5.74) is 3.58. The molecule has 1 amide bonds. The van der Waals surface area contributed by atoms with Gasteiger partial charge in [-0.3, -0.25) is 14.9 Å². The number of aromatic nitrogens is 2. The van der Waals surface area contributed by atoms with Gasteiger partial charge in [-0.25, -0.2) is 4.98 Å². The fourth-order valence-electron chi connectivity index (χ4n) is 3.30. The lowest BCUT2D eigenvalue weighted by Gasteiger charge is -2.09. The van der Waals surface area contributed by atoms with Crippen LogP contribution < -0.4 is 5.32 Å². The number of carbonyl (C=O) groups excluding carboxylic acids is 1. The van der Waals surface area contributed by atoms with Crippen LogP contribution >= 0.6 is 11.6 Å². The lowest BCUT2D eigenvalue weighted by atomic mass is 10.1. The first-order valence-electron chi connectivity index (χ1n) is 9.21. The molecule has 4 rings (SSSR count). The summed E-state index contributed by atoms with van der Waals surface area (Å²) in [6.45, 7) is 0.878. The zero-order valence-corrected chi connectivity index (χ0v) is 16.5. The minimum atomic E-state index is -0.596. The largest absolute Gasteiger partial charge is 0.348 e. The first-order valence-corrected chi connectivity index (χ1v) is 9.59. The first kappa shape index (κ1) is 19.6. The van der Waals surface area contributed by atoms with Crippen molar-refractivity contribution >= 4 is 34.2 Å². The Labute approximate surface area is 177 Å². The molecule has 0 aliphatic rings. The van der Waals surface area contributed by atoms with E-state index in [1.807, 2.05) is 48.5 Å². The van der Waals surface area contributed by atoms with E-state index in [4.69, 9.17) is 11.6 Å². The van der Waals surface area contributed by atoms with Gasteiger partial charge in [0.05, 0.1) is 22.3 Å². The van der Waals surface area contributed by atoms with E-state index in [1.165, 1.54) is 18.2 Å². The molecule has 0 spiro atoms. The molecule has 0 unspecified atom stereocenters. The zero-order chi connectivity index (χ0) is 21.1. The lowest BCUT2D eigenvalue weighted by Crippen LogP contribution is -2.23. The number of nitro benzene ring substituents is 1. The number of amides is 1. The Balaban J connectivity index is 1.48. The third-order valence-electron chi connectivity index (χ3n) is 4.72. The second-order valence-electron chi connectivity index (χ2n) is 6.78. The Kier molecular flexibility index (Phi) is 5.45. The quantitative estimate of drug-likeness (QED) is 0.365. The molecule has 8 heteroatoms. The minimum absolute atomic E-state index is 0.0615.